The van der Waals surface area contributed by atoms with E-state index >= 15 is 0 Å². The van der Waals surface area contributed by atoms with Crippen LogP contribution in [-0.4, -0.2) is 87.4 Å². The molecule has 4 heterocycles. The molecule has 2 unspecified atom stereocenters. The van der Waals surface area contributed by atoms with Crippen molar-refractivity contribution < 1.29 is 29.4 Å². The molecule has 6 N–H and O–H groups in total. The van der Waals surface area contributed by atoms with Gasteiger partial charge in [-0.25, -0.2) is 0 Å². The molecule has 2 saturated heterocycles. The van der Waals surface area contributed by atoms with E-state index < -0.39 is 0 Å². The number of allylic oxidation sites excluding steroid dienone is 1. The van der Waals surface area contributed by atoms with Gasteiger partial charge in [0, 0.05) is 104 Å². The summed E-state index contributed by atoms with van der Waals surface area (Å²) in [6.45, 7) is 22.8. The van der Waals surface area contributed by atoms with Crippen molar-refractivity contribution in [3.63, 3.8) is 0 Å². The Balaban J connectivity index is 0.929. The number of piperazine rings is 1. The van der Waals surface area contributed by atoms with Crippen molar-refractivity contribution in [3.05, 3.63) is 119 Å². The minimum absolute atomic E-state index is 0.0311. The Labute approximate surface area is 346 Å². The molecule has 3 amide bonds. The van der Waals surface area contributed by atoms with E-state index in [-0.39, 0.29) is 60.1 Å². The van der Waals surface area contributed by atoms with Crippen LogP contribution in [0, 0.1) is 0 Å². The van der Waals surface area contributed by atoms with Crippen molar-refractivity contribution >= 4 is 40.4 Å². The van der Waals surface area contributed by atoms with Crippen LogP contribution < -0.4 is 21.4 Å². The highest BCUT2D eigenvalue weighted by atomic mass is 16.7. The summed E-state index contributed by atoms with van der Waals surface area (Å²) in [6, 6.07) is 16.3. The number of hydrogen-bond donors (Lipinski definition) is 6. The number of nitrogens with one attached hydrogen (secondary N) is 4. The number of phenolic OH excluding ortho intramolecular Hbond substituents is 2. The maximum atomic E-state index is 13.2. The summed E-state index contributed by atoms with van der Waals surface area (Å²) >= 11 is 0. The van der Waals surface area contributed by atoms with Gasteiger partial charge in [-0.15, -0.1) is 5.48 Å². The van der Waals surface area contributed by atoms with Crippen LogP contribution in [0.3, 0.4) is 0 Å². The summed E-state index contributed by atoms with van der Waals surface area (Å²) in [7, 11) is 0. The molecule has 7 rings (SSSR count). The largest absolute Gasteiger partial charge is 0.508 e. The standard InChI is InChI=1S/C46H55N7O6/c1-7-47-29(5)44-43(45(59-50-44)35-23-34(27(2)3)39(54)24-40(35)55)32-14-12-31(13-15-32)25-51-19-21-52(22-20-51)42(57)18-17-41(56)49-37-10-8-9-33-30(6)53(26-36(33)37)38-16-11-28(4)48-46(38)58/h8-10,12-15,23-24,27,38,44,47,50,54-55H,4-7,11,16-22,25-26H2,1-3H3,(H,48,58)(H,49,56). The van der Waals surface area contributed by atoms with E-state index in [1.54, 1.807) is 6.07 Å². The number of aromatic hydroxyl groups is 2. The number of likely N-dealkylation sites (N-methyl/N-ethyl adjacent to an activating group) is 1. The molecule has 2 fully saturated rings. The smallest absolute Gasteiger partial charge is 0.246 e. The van der Waals surface area contributed by atoms with Gasteiger partial charge >= 0.3 is 0 Å². The van der Waals surface area contributed by atoms with E-state index in [1.165, 1.54) is 6.07 Å². The Morgan fingerprint density at radius 3 is 2.42 bits per heavy atom. The van der Waals surface area contributed by atoms with Crippen LogP contribution >= 0.6 is 0 Å². The highest BCUT2D eigenvalue weighted by Gasteiger charge is 2.37. The number of hydrogen-bond acceptors (Lipinski definition) is 10. The molecule has 3 aromatic carbocycles. The Morgan fingerprint density at radius 2 is 1.73 bits per heavy atom. The molecular weight excluding hydrogens is 747 g/mol. The molecule has 4 aliphatic rings. The van der Waals surface area contributed by atoms with Gasteiger partial charge in [0.1, 0.15) is 23.6 Å². The number of phenols is 2. The zero-order valence-corrected chi connectivity index (χ0v) is 34.2. The molecule has 3 aromatic rings. The number of carbonyl (C=O) groups excluding carboxylic acids is 3. The zero-order valence-electron chi connectivity index (χ0n) is 34.2. The Bertz CT molecular complexity index is 2200. The maximum absolute atomic E-state index is 13.2. The van der Waals surface area contributed by atoms with E-state index in [2.05, 4.69) is 58.2 Å². The number of rotatable bonds is 13. The van der Waals surface area contributed by atoms with E-state index in [0.29, 0.717) is 81.2 Å². The third kappa shape index (κ3) is 8.72. The fourth-order valence-electron chi connectivity index (χ4n) is 8.39. The lowest BCUT2D eigenvalue weighted by molar-refractivity contribution is -0.134. The fourth-order valence-corrected chi connectivity index (χ4v) is 8.39. The molecule has 59 heavy (non-hydrogen) atoms. The number of fused-ring (bicyclic) bond motifs is 1. The second kappa shape index (κ2) is 17.4. The zero-order chi connectivity index (χ0) is 42.0. The fraction of sp³-hybridized carbons (Fsp3) is 0.370. The van der Waals surface area contributed by atoms with E-state index in [9.17, 15) is 24.6 Å². The Hall–Kier alpha value is -6.05. The lowest BCUT2D eigenvalue weighted by Gasteiger charge is -2.34. The van der Waals surface area contributed by atoms with Crippen molar-refractivity contribution in [3.8, 4) is 11.5 Å². The Kier molecular flexibility index (Phi) is 12.2. The molecule has 310 valence electrons. The van der Waals surface area contributed by atoms with Crippen molar-refractivity contribution in [1.82, 2.24) is 30.8 Å². The van der Waals surface area contributed by atoms with Crippen LogP contribution in [0.15, 0.2) is 85.7 Å². The second-order valence-corrected chi connectivity index (χ2v) is 16.0. The third-order valence-electron chi connectivity index (χ3n) is 11.7. The van der Waals surface area contributed by atoms with E-state index in [1.807, 2.05) is 60.9 Å². The molecule has 0 aromatic heterocycles. The van der Waals surface area contributed by atoms with Crippen molar-refractivity contribution in [2.45, 2.75) is 77.5 Å². The number of carbonyl (C=O) groups is 3. The summed E-state index contributed by atoms with van der Waals surface area (Å²) in [6.07, 6.45) is 1.55. The first kappa shape index (κ1) is 41.1. The van der Waals surface area contributed by atoms with Gasteiger partial charge in [0.2, 0.25) is 17.7 Å². The van der Waals surface area contributed by atoms with Gasteiger partial charge in [0.15, 0.2) is 5.76 Å². The highest BCUT2D eigenvalue weighted by molar-refractivity contribution is 5.96. The third-order valence-corrected chi connectivity index (χ3v) is 11.7. The summed E-state index contributed by atoms with van der Waals surface area (Å²) in [4.78, 5) is 51.2. The highest BCUT2D eigenvalue weighted by Crippen LogP contribution is 2.43. The molecule has 0 saturated carbocycles. The minimum Gasteiger partial charge on any atom is -0.508 e. The van der Waals surface area contributed by atoms with Crippen LogP contribution in [0.5, 0.6) is 11.5 Å². The predicted octanol–water partition coefficient (Wildman–Crippen LogP) is 5.76. The molecular formula is C46H55N7O6. The molecule has 0 spiro atoms. The topological polar surface area (TPSA) is 159 Å². The van der Waals surface area contributed by atoms with Crippen LogP contribution in [0.1, 0.15) is 85.8 Å². The number of nitrogens with zero attached hydrogens (tertiary/aromatic N) is 3. The number of piperidine rings is 1. The summed E-state index contributed by atoms with van der Waals surface area (Å²) in [5, 5.41) is 30.6. The molecule has 0 bridgehead atoms. The van der Waals surface area contributed by atoms with Gasteiger partial charge in [0.05, 0.1) is 5.56 Å². The molecule has 0 radical (unpaired) electrons. The first-order valence-electron chi connectivity index (χ1n) is 20.4. The first-order chi connectivity index (χ1) is 28.3. The van der Waals surface area contributed by atoms with Crippen molar-refractivity contribution in [2.24, 2.45) is 0 Å². The predicted molar refractivity (Wildman–Crippen MR) is 229 cm³/mol. The lowest BCUT2D eigenvalue weighted by Crippen LogP contribution is -2.48. The average Bonchev–Trinajstić information content (AvgIpc) is 3.79. The van der Waals surface area contributed by atoms with E-state index in [4.69, 9.17) is 4.84 Å². The van der Waals surface area contributed by atoms with Gasteiger partial charge in [0.25, 0.3) is 0 Å². The quantitative estimate of drug-likeness (QED) is 0.126. The molecule has 4 aliphatic heterocycles. The molecule has 13 heteroatoms. The van der Waals surface area contributed by atoms with Crippen LogP contribution in [0.4, 0.5) is 5.69 Å². The summed E-state index contributed by atoms with van der Waals surface area (Å²) in [5.41, 5.74) is 11.8. The second-order valence-electron chi connectivity index (χ2n) is 16.0. The van der Waals surface area contributed by atoms with Crippen LogP contribution in [0.25, 0.3) is 17.0 Å². The van der Waals surface area contributed by atoms with Gasteiger partial charge in [-0.1, -0.05) is 70.0 Å². The summed E-state index contributed by atoms with van der Waals surface area (Å²) in [5.74, 6) is 0.0903. The molecule has 2 atom stereocenters. The normalized spacial score (nSPS) is 19.5. The van der Waals surface area contributed by atoms with E-state index in [0.717, 1.165) is 44.9 Å². The van der Waals surface area contributed by atoms with Gasteiger partial charge < -0.3 is 40.8 Å². The lowest BCUT2D eigenvalue weighted by atomic mass is 9.91. The monoisotopic (exact) mass is 801 g/mol. The van der Waals surface area contributed by atoms with Crippen molar-refractivity contribution in [2.75, 3.05) is 38.0 Å². The van der Waals surface area contributed by atoms with Gasteiger partial charge in [-0.05, 0) is 54.5 Å². The van der Waals surface area contributed by atoms with Gasteiger partial charge in [-0.2, -0.15) is 0 Å². The Morgan fingerprint density at radius 1 is 0.983 bits per heavy atom. The first-order valence-corrected chi connectivity index (χ1v) is 20.4. The molecule has 13 nitrogen and oxygen atoms in total. The maximum Gasteiger partial charge on any atom is 0.246 e. The van der Waals surface area contributed by atoms with Crippen LogP contribution in [-0.2, 0) is 32.3 Å². The van der Waals surface area contributed by atoms with Gasteiger partial charge in [-0.3, -0.25) is 19.3 Å². The average molecular weight is 802 g/mol. The molecule has 0 aliphatic carbocycles. The number of anilines is 1. The van der Waals surface area contributed by atoms with Crippen LogP contribution in [0.2, 0.25) is 0 Å². The summed E-state index contributed by atoms with van der Waals surface area (Å²) < 4.78 is 0. The SMILES string of the molecule is C=C1CCC(N2Cc3c(NC(=O)CCC(=O)N4CCN(Cc5ccc(C6=C(c7cc(C(C)C)c(O)cc7O)ONC6C(=C)NCC)cc5)CC4)cccc3C2=C)C(=O)N1. The number of hydroxylamine groups is 1. The number of amides is 3. The van der Waals surface area contributed by atoms with Crippen molar-refractivity contribution in [1.29, 1.82) is 0 Å². The number of benzene rings is 3. The minimum atomic E-state index is -0.382.